The molecule has 23 aromatic rings. The van der Waals surface area contributed by atoms with Crippen molar-refractivity contribution in [1.82, 2.24) is 9.97 Å². The molecular formula is C116H74N4O4. The van der Waals surface area contributed by atoms with Crippen LogP contribution < -0.4 is 9.80 Å². The van der Waals surface area contributed by atoms with E-state index in [2.05, 4.69) is 368 Å². The van der Waals surface area contributed by atoms with Crippen LogP contribution in [0, 0.1) is 0 Å². The van der Waals surface area contributed by atoms with E-state index in [1.165, 1.54) is 22.3 Å². The summed E-state index contributed by atoms with van der Waals surface area (Å²) in [6.07, 6.45) is 0. The minimum absolute atomic E-state index is 0.561. The molecule has 0 N–H and O–H groups in total. The van der Waals surface area contributed by atoms with Crippen LogP contribution in [0.2, 0.25) is 0 Å². The van der Waals surface area contributed by atoms with Crippen LogP contribution >= 0.6 is 0 Å². The number of hydrogen-bond acceptors (Lipinski definition) is 8. The van der Waals surface area contributed by atoms with Crippen LogP contribution in [0.4, 0.5) is 34.1 Å². The number of aromatic nitrogens is 2. The monoisotopic (exact) mass is 1590 g/mol. The molecule has 0 radical (unpaired) electrons. The summed E-state index contributed by atoms with van der Waals surface area (Å²) < 4.78 is 26.6. The Hall–Kier alpha value is -16.7. The van der Waals surface area contributed by atoms with Gasteiger partial charge in [-0.1, -0.05) is 322 Å². The second-order valence-corrected chi connectivity index (χ2v) is 31.5. The minimum atomic E-state index is 0.561. The van der Waals surface area contributed by atoms with Crippen molar-refractivity contribution in [3.05, 3.63) is 449 Å². The molecule has 0 atom stereocenters. The Morgan fingerprint density at radius 3 is 1.09 bits per heavy atom. The molecule has 0 aliphatic rings. The molecule has 0 aliphatic heterocycles. The Kier molecular flexibility index (Phi) is 18.1. The molecule has 8 heteroatoms. The molecule has 0 saturated carbocycles. The van der Waals surface area contributed by atoms with Crippen LogP contribution in [0.5, 0.6) is 0 Å². The van der Waals surface area contributed by atoms with Crippen molar-refractivity contribution >= 4 is 100 Å². The molecule has 0 spiro atoms. The highest BCUT2D eigenvalue weighted by Crippen LogP contribution is 2.48. The van der Waals surface area contributed by atoms with E-state index < -0.39 is 0 Å². The Balaban J connectivity index is 0.533. The third-order valence-electron chi connectivity index (χ3n) is 24.0. The molecule has 4 aromatic heterocycles. The smallest absolute Gasteiger partial charge is 0.227 e. The number of hydrogen-bond donors (Lipinski definition) is 0. The van der Waals surface area contributed by atoms with Gasteiger partial charge in [-0.2, -0.15) is 0 Å². The molecule has 0 unspecified atom stereocenters. The molecule has 0 bridgehead atoms. The normalized spacial score (nSPS) is 11.5. The maximum atomic E-state index is 6.77. The van der Waals surface area contributed by atoms with E-state index >= 15 is 0 Å². The van der Waals surface area contributed by atoms with E-state index in [1.807, 2.05) is 91.0 Å². The van der Waals surface area contributed by atoms with Gasteiger partial charge in [-0.05, 0) is 222 Å². The Morgan fingerprint density at radius 2 is 0.540 bits per heavy atom. The summed E-state index contributed by atoms with van der Waals surface area (Å²) in [5, 5.41) is 3.80. The molecule has 19 aromatic carbocycles. The number of nitrogens with zero attached hydrogens (tertiary/aromatic N) is 4. The first-order valence-electron chi connectivity index (χ1n) is 41.9. The first kappa shape index (κ1) is 72.5. The van der Waals surface area contributed by atoms with Gasteiger partial charge in [0.05, 0.1) is 16.5 Å². The zero-order valence-electron chi connectivity index (χ0n) is 67.1. The minimum Gasteiger partial charge on any atom is -0.456 e. The highest BCUT2D eigenvalue weighted by Gasteiger charge is 2.26. The number of benzene rings is 19. The molecule has 0 amide bonds. The third kappa shape index (κ3) is 13.4. The van der Waals surface area contributed by atoms with Gasteiger partial charge in [-0.15, -0.1) is 0 Å². The lowest BCUT2D eigenvalue weighted by molar-refractivity contribution is 0.621. The standard InChI is InChI=1S/C116H74N4O4/c1-5-21-75(22-6-1)77-41-47-82(48-42-77)93-33-19-34-98(73-93)119(95-65-59-86(60-66-95)103-74-108-109(101-36-14-16-40-106(101)121-108)114-111(103)118-116(124-114)88-27-11-4-12-28-88)94-61-53-80(54-62-94)79-43-45-81(46-44-79)89-29-17-31-91(71-89)92-32-18-30-90(72-92)83-55-63-96(64-56-83)120(105-39-15-13-35-99(105)84-51-49-78(50-52-84)76-23-7-2-8-24-76)97-67-57-85(58-68-97)100-37-20-38-102-110-107(122-112(100)102)70-69-104-113(110)123-115(117-104)87-25-9-3-10-26-87/h1-74H. The lowest BCUT2D eigenvalue weighted by Crippen LogP contribution is -2.11. The van der Waals surface area contributed by atoms with E-state index in [9.17, 15) is 0 Å². The predicted octanol–water partition coefficient (Wildman–Crippen LogP) is 32.7. The van der Waals surface area contributed by atoms with Crippen molar-refractivity contribution < 1.29 is 17.7 Å². The van der Waals surface area contributed by atoms with E-state index in [0.29, 0.717) is 22.9 Å². The van der Waals surface area contributed by atoms with Crippen molar-refractivity contribution in [3.8, 4) is 134 Å². The Morgan fingerprint density at radius 1 is 0.177 bits per heavy atom. The fourth-order valence-electron chi connectivity index (χ4n) is 17.8. The molecule has 0 fully saturated rings. The fraction of sp³-hybridized carbons (Fsp3) is 0. The molecule has 0 aliphatic carbocycles. The van der Waals surface area contributed by atoms with Gasteiger partial charge in [0.15, 0.2) is 11.2 Å². The van der Waals surface area contributed by atoms with Crippen LogP contribution in [0.1, 0.15) is 0 Å². The maximum Gasteiger partial charge on any atom is 0.227 e. The van der Waals surface area contributed by atoms with Crippen LogP contribution in [0.25, 0.3) is 200 Å². The van der Waals surface area contributed by atoms with E-state index in [-0.39, 0.29) is 0 Å². The zero-order chi connectivity index (χ0) is 82.0. The van der Waals surface area contributed by atoms with Crippen LogP contribution in [0.15, 0.2) is 467 Å². The molecular weight excluding hydrogens is 1510 g/mol. The van der Waals surface area contributed by atoms with E-state index in [0.717, 1.165) is 189 Å². The summed E-state index contributed by atoms with van der Waals surface area (Å²) in [4.78, 5) is 14.8. The van der Waals surface area contributed by atoms with Crippen LogP contribution in [0.3, 0.4) is 0 Å². The Labute approximate surface area is 716 Å². The lowest BCUT2D eigenvalue weighted by atomic mass is 9.95. The molecule has 4 heterocycles. The van der Waals surface area contributed by atoms with E-state index in [1.54, 1.807) is 0 Å². The summed E-state index contributed by atoms with van der Waals surface area (Å²) in [6.45, 7) is 0. The Bertz CT molecular complexity index is 7900. The number of fused-ring (bicyclic) bond motifs is 10. The van der Waals surface area contributed by atoms with Crippen molar-refractivity contribution in [2.45, 2.75) is 0 Å². The number of para-hydroxylation sites is 3. The third-order valence-corrected chi connectivity index (χ3v) is 24.0. The van der Waals surface area contributed by atoms with Gasteiger partial charge < -0.3 is 27.5 Å². The van der Waals surface area contributed by atoms with Crippen molar-refractivity contribution in [3.63, 3.8) is 0 Å². The summed E-state index contributed by atoms with van der Waals surface area (Å²) >= 11 is 0. The fourth-order valence-corrected chi connectivity index (χ4v) is 17.8. The van der Waals surface area contributed by atoms with Gasteiger partial charge in [0, 0.05) is 67.0 Å². The highest BCUT2D eigenvalue weighted by molar-refractivity contribution is 6.21. The van der Waals surface area contributed by atoms with Crippen LogP contribution in [-0.4, -0.2) is 9.97 Å². The van der Waals surface area contributed by atoms with Gasteiger partial charge in [0.25, 0.3) is 0 Å². The summed E-state index contributed by atoms with van der Waals surface area (Å²) in [6, 6.07) is 159. The van der Waals surface area contributed by atoms with Gasteiger partial charge in [0.1, 0.15) is 33.4 Å². The van der Waals surface area contributed by atoms with Crippen molar-refractivity contribution in [2.24, 2.45) is 0 Å². The van der Waals surface area contributed by atoms with Gasteiger partial charge in [-0.3, -0.25) is 0 Å². The first-order valence-corrected chi connectivity index (χ1v) is 41.9. The maximum absolute atomic E-state index is 6.77. The molecule has 8 nitrogen and oxygen atoms in total. The average molecular weight is 1590 g/mol. The highest BCUT2D eigenvalue weighted by atomic mass is 16.4. The van der Waals surface area contributed by atoms with Crippen molar-refractivity contribution in [1.29, 1.82) is 0 Å². The van der Waals surface area contributed by atoms with Gasteiger partial charge in [0.2, 0.25) is 11.8 Å². The second kappa shape index (κ2) is 30.9. The zero-order valence-corrected chi connectivity index (χ0v) is 67.1. The number of anilines is 6. The number of rotatable bonds is 18. The SMILES string of the molecule is c1ccc(-c2ccc(-c3cccc(N(c4ccc(-c5ccc(-c6cccc(-c7cccc(-c8ccc(N(c9ccc(-c%10cccc%11c%10oc%10ccc%12nc(-c%13ccccc%13)oc%12c%10%11)cc9)c9ccccc9-c9ccc(-c%10ccccc%10)cc9)cc8)c7)c6)cc5)cc4)c4ccc(-c5cc6oc7ccccc7c6c6oc(-c7ccccc7)nc56)cc4)c3)cc2)cc1. The average Bonchev–Trinajstić information content (AvgIpc) is 1.55. The second-order valence-electron chi connectivity index (χ2n) is 31.5. The summed E-state index contributed by atoms with van der Waals surface area (Å²) in [5.41, 5.74) is 36.2. The van der Waals surface area contributed by atoms with Gasteiger partial charge >= 0.3 is 0 Å². The summed E-state index contributed by atoms with van der Waals surface area (Å²) in [5.74, 6) is 1.14. The summed E-state index contributed by atoms with van der Waals surface area (Å²) in [7, 11) is 0. The molecule has 0 saturated heterocycles. The molecule has 124 heavy (non-hydrogen) atoms. The predicted molar refractivity (Wildman–Crippen MR) is 511 cm³/mol. The molecule has 582 valence electrons. The first-order chi connectivity index (χ1) is 61.4. The number of furan rings is 2. The van der Waals surface area contributed by atoms with Gasteiger partial charge in [-0.25, -0.2) is 9.97 Å². The largest absolute Gasteiger partial charge is 0.456 e. The number of oxazole rings is 2. The van der Waals surface area contributed by atoms with Crippen molar-refractivity contribution in [2.75, 3.05) is 9.80 Å². The quantitative estimate of drug-likeness (QED) is 0.0840. The van der Waals surface area contributed by atoms with Crippen LogP contribution in [-0.2, 0) is 0 Å². The lowest BCUT2D eigenvalue weighted by Gasteiger charge is -2.28. The van der Waals surface area contributed by atoms with E-state index in [4.69, 9.17) is 27.6 Å². The topological polar surface area (TPSA) is 84.8 Å². The molecule has 23 rings (SSSR count).